The summed E-state index contributed by atoms with van der Waals surface area (Å²) in [6.07, 6.45) is 0. The van der Waals surface area contributed by atoms with E-state index in [1.54, 1.807) is 37.3 Å². The predicted molar refractivity (Wildman–Crippen MR) is 117 cm³/mol. The van der Waals surface area contributed by atoms with Crippen molar-refractivity contribution >= 4 is 46.2 Å². The molecule has 0 aliphatic rings. The number of primary amides is 1. The minimum atomic E-state index is -0.955. The molecular formula is C20H19ClN4O4S. The number of hydrogen-bond acceptors (Lipinski definition) is 6. The number of benzene rings is 2. The molecule has 0 radical (unpaired) electrons. The molecular weight excluding hydrogens is 428 g/mol. The van der Waals surface area contributed by atoms with Crippen molar-refractivity contribution in [2.24, 2.45) is 5.73 Å². The number of amides is 3. The molecule has 0 aliphatic heterocycles. The Morgan fingerprint density at radius 2 is 2.00 bits per heavy atom. The van der Waals surface area contributed by atoms with Crippen LogP contribution in [0.15, 0.2) is 46.3 Å². The van der Waals surface area contributed by atoms with Crippen LogP contribution in [0.4, 0.5) is 4.79 Å². The Morgan fingerprint density at radius 3 is 2.67 bits per heavy atom. The lowest BCUT2D eigenvalue weighted by atomic mass is 10.2. The number of carbonyl (C=O) groups excluding carboxylic acids is 2. The maximum Gasteiger partial charge on any atom is 0.318 e. The van der Waals surface area contributed by atoms with Crippen molar-refractivity contribution in [2.75, 3.05) is 7.11 Å². The van der Waals surface area contributed by atoms with E-state index < -0.39 is 17.2 Å². The summed E-state index contributed by atoms with van der Waals surface area (Å²) >= 11 is 7.08. The third-order valence-corrected chi connectivity index (χ3v) is 5.56. The number of nitrogens with two attached hydrogens (primary N) is 1. The molecule has 3 rings (SSSR count). The molecule has 0 fully saturated rings. The van der Waals surface area contributed by atoms with Gasteiger partial charge in [0.15, 0.2) is 5.16 Å². The highest BCUT2D eigenvalue weighted by Crippen LogP contribution is 2.30. The zero-order valence-corrected chi connectivity index (χ0v) is 18.0. The van der Waals surface area contributed by atoms with Crippen molar-refractivity contribution < 1.29 is 14.3 Å². The van der Waals surface area contributed by atoms with Crippen LogP contribution in [0, 0.1) is 6.92 Å². The number of halogens is 1. The highest BCUT2D eigenvalue weighted by atomic mass is 35.5. The van der Waals surface area contributed by atoms with Crippen LogP contribution in [0.25, 0.3) is 16.6 Å². The third-order valence-electron chi connectivity index (χ3n) is 4.27. The van der Waals surface area contributed by atoms with Crippen molar-refractivity contribution in [3.63, 3.8) is 0 Å². The van der Waals surface area contributed by atoms with Gasteiger partial charge in [-0.3, -0.25) is 19.5 Å². The molecule has 0 saturated heterocycles. The van der Waals surface area contributed by atoms with Crippen molar-refractivity contribution in [2.45, 2.75) is 24.3 Å². The molecule has 3 N–H and O–H groups in total. The van der Waals surface area contributed by atoms with E-state index >= 15 is 0 Å². The van der Waals surface area contributed by atoms with E-state index in [9.17, 15) is 14.4 Å². The van der Waals surface area contributed by atoms with Gasteiger partial charge in [0.25, 0.3) is 5.56 Å². The van der Waals surface area contributed by atoms with E-state index in [2.05, 4.69) is 4.98 Å². The number of hydrogen-bond donors (Lipinski definition) is 2. The van der Waals surface area contributed by atoms with Gasteiger partial charge in [0.2, 0.25) is 5.91 Å². The van der Waals surface area contributed by atoms with Gasteiger partial charge in [-0.15, -0.1) is 0 Å². The predicted octanol–water partition coefficient (Wildman–Crippen LogP) is 3.03. The molecule has 3 amide bonds. The van der Waals surface area contributed by atoms with E-state index in [0.717, 1.165) is 17.3 Å². The second-order valence-electron chi connectivity index (χ2n) is 6.49. The van der Waals surface area contributed by atoms with Crippen LogP contribution in [-0.4, -0.2) is 33.8 Å². The van der Waals surface area contributed by atoms with Crippen LogP contribution in [-0.2, 0) is 4.79 Å². The fourth-order valence-electron chi connectivity index (χ4n) is 2.84. The number of fused-ring (bicyclic) bond motifs is 1. The van der Waals surface area contributed by atoms with Crippen LogP contribution >= 0.6 is 23.4 Å². The SMILES string of the molecule is COc1ccc(C)cc1-n1c(SC(C)C(=O)NC(N)=O)nc2cc(Cl)ccc2c1=O. The van der Waals surface area contributed by atoms with Crippen LogP contribution in [0.2, 0.25) is 5.02 Å². The van der Waals surface area contributed by atoms with Gasteiger partial charge in [-0.1, -0.05) is 29.4 Å². The number of ether oxygens (including phenoxy) is 1. The molecule has 1 heterocycles. The largest absolute Gasteiger partial charge is 0.495 e. The summed E-state index contributed by atoms with van der Waals surface area (Å²) in [6.45, 7) is 3.47. The van der Waals surface area contributed by atoms with Crippen molar-refractivity contribution in [3.05, 3.63) is 57.3 Å². The maximum absolute atomic E-state index is 13.4. The van der Waals surface area contributed by atoms with Crippen LogP contribution in [0.5, 0.6) is 5.75 Å². The molecule has 1 atom stereocenters. The van der Waals surface area contributed by atoms with Gasteiger partial charge in [-0.25, -0.2) is 9.78 Å². The van der Waals surface area contributed by atoms with E-state index in [4.69, 9.17) is 22.1 Å². The minimum Gasteiger partial charge on any atom is -0.495 e. The summed E-state index contributed by atoms with van der Waals surface area (Å²) in [4.78, 5) is 41.2. The average molecular weight is 447 g/mol. The monoisotopic (exact) mass is 446 g/mol. The Bertz CT molecular complexity index is 1210. The van der Waals surface area contributed by atoms with E-state index in [-0.39, 0.29) is 10.7 Å². The number of urea groups is 1. The summed E-state index contributed by atoms with van der Waals surface area (Å²) in [6, 6.07) is 9.24. The van der Waals surface area contributed by atoms with Gasteiger partial charge in [-0.05, 0) is 49.7 Å². The Labute approximate surface area is 181 Å². The van der Waals surface area contributed by atoms with E-state index in [0.29, 0.717) is 27.4 Å². The summed E-state index contributed by atoms with van der Waals surface area (Å²) in [5, 5.41) is 2.30. The summed E-state index contributed by atoms with van der Waals surface area (Å²) in [5.74, 6) is -0.135. The van der Waals surface area contributed by atoms with Crippen LogP contribution in [0.3, 0.4) is 0 Å². The van der Waals surface area contributed by atoms with Gasteiger partial charge in [0, 0.05) is 5.02 Å². The van der Waals surface area contributed by atoms with Gasteiger partial charge < -0.3 is 10.5 Å². The lowest BCUT2D eigenvalue weighted by molar-refractivity contribution is -0.119. The zero-order chi connectivity index (χ0) is 22.0. The fraction of sp³-hybridized carbons (Fsp3) is 0.200. The molecule has 2 aromatic carbocycles. The number of thioether (sulfide) groups is 1. The number of methoxy groups -OCH3 is 1. The normalized spacial score (nSPS) is 11.9. The Kier molecular flexibility index (Phi) is 6.33. The number of nitrogens with one attached hydrogen (secondary N) is 1. The molecule has 3 aromatic rings. The molecule has 10 heteroatoms. The first-order chi connectivity index (χ1) is 14.2. The minimum absolute atomic E-state index is 0.241. The summed E-state index contributed by atoms with van der Waals surface area (Å²) < 4.78 is 6.83. The maximum atomic E-state index is 13.4. The number of imide groups is 1. The number of carbonyl (C=O) groups is 2. The Hall–Kier alpha value is -3.04. The Morgan fingerprint density at radius 1 is 1.27 bits per heavy atom. The number of aromatic nitrogens is 2. The highest BCUT2D eigenvalue weighted by molar-refractivity contribution is 8.00. The molecule has 1 aromatic heterocycles. The van der Waals surface area contributed by atoms with Gasteiger partial charge >= 0.3 is 6.03 Å². The standard InChI is InChI=1S/C20H19ClN4O4S/c1-10-4-7-16(29-3)15(8-10)25-18(27)13-6-5-12(21)9-14(13)23-20(25)30-11(2)17(26)24-19(22)28/h4-9,11H,1-3H3,(H3,22,24,26,28). The lowest BCUT2D eigenvalue weighted by Crippen LogP contribution is -2.39. The second kappa shape index (κ2) is 8.76. The van der Waals surface area contributed by atoms with Crippen LogP contribution in [0.1, 0.15) is 12.5 Å². The smallest absolute Gasteiger partial charge is 0.318 e. The average Bonchev–Trinajstić information content (AvgIpc) is 2.67. The molecule has 0 bridgehead atoms. The first kappa shape index (κ1) is 21.7. The molecule has 0 saturated carbocycles. The fourth-order valence-corrected chi connectivity index (χ4v) is 3.93. The van der Waals surface area contributed by atoms with Gasteiger partial charge in [0.05, 0.1) is 29.0 Å². The summed E-state index contributed by atoms with van der Waals surface area (Å²) in [7, 11) is 1.50. The van der Waals surface area contributed by atoms with Crippen molar-refractivity contribution in [1.29, 1.82) is 0 Å². The van der Waals surface area contributed by atoms with Crippen LogP contribution < -0.4 is 21.3 Å². The number of rotatable bonds is 5. The van der Waals surface area contributed by atoms with Gasteiger partial charge in [-0.2, -0.15) is 0 Å². The molecule has 30 heavy (non-hydrogen) atoms. The number of nitrogens with zero attached hydrogens (tertiary/aromatic N) is 2. The molecule has 1 unspecified atom stereocenters. The summed E-state index contributed by atoms with van der Waals surface area (Å²) in [5.41, 5.74) is 6.47. The first-order valence-corrected chi connectivity index (χ1v) is 10.1. The van der Waals surface area contributed by atoms with E-state index in [1.807, 2.05) is 18.3 Å². The van der Waals surface area contributed by atoms with Gasteiger partial charge in [0.1, 0.15) is 5.75 Å². The van der Waals surface area contributed by atoms with E-state index in [1.165, 1.54) is 11.7 Å². The lowest BCUT2D eigenvalue weighted by Gasteiger charge is -2.18. The third kappa shape index (κ3) is 4.42. The van der Waals surface area contributed by atoms with Crippen molar-refractivity contribution in [3.8, 4) is 11.4 Å². The van der Waals surface area contributed by atoms with Crippen molar-refractivity contribution in [1.82, 2.24) is 14.9 Å². The highest BCUT2D eigenvalue weighted by Gasteiger charge is 2.22. The Balaban J connectivity index is 2.25. The molecule has 0 spiro atoms. The zero-order valence-electron chi connectivity index (χ0n) is 16.4. The number of aryl methyl sites for hydroxylation is 1. The quantitative estimate of drug-likeness (QED) is 0.459. The molecule has 8 nitrogen and oxygen atoms in total. The topological polar surface area (TPSA) is 116 Å². The molecule has 0 aliphatic carbocycles. The first-order valence-electron chi connectivity index (χ1n) is 8.85. The second-order valence-corrected chi connectivity index (χ2v) is 8.23. The molecule has 156 valence electrons.